The molecule has 1 atom stereocenters. The van der Waals surface area contributed by atoms with Gasteiger partial charge in [0.25, 0.3) is 5.91 Å². The molecule has 0 saturated heterocycles. The van der Waals surface area contributed by atoms with Gasteiger partial charge in [0, 0.05) is 12.1 Å². The molecule has 1 aliphatic rings. The molecule has 1 aromatic carbocycles. The Morgan fingerprint density at radius 2 is 2.19 bits per heavy atom. The van der Waals surface area contributed by atoms with Crippen LogP contribution in [0.2, 0.25) is 0 Å². The number of fused-ring (bicyclic) bond motifs is 1. The van der Waals surface area contributed by atoms with Crippen molar-refractivity contribution in [2.75, 3.05) is 11.4 Å². The van der Waals surface area contributed by atoms with E-state index in [1.165, 1.54) is 0 Å². The first-order valence-corrected chi connectivity index (χ1v) is 6.78. The summed E-state index contributed by atoms with van der Waals surface area (Å²) in [6.45, 7) is 4.80. The molecule has 2 aromatic rings. The van der Waals surface area contributed by atoms with Gasteiger partial charge in [-0.1, -0.05) is 17.3 Å². The Morgan fingerprint density at radius 3 is 2.86 bits per heavy atom. The Morgan fingerprint density at radius 1 is 1.43 bits per heavy atom. The van der Waals surface area contributed by atoms with Crippen LogP contribution < -0.4 is 15.4 Å². The zero-order chi connectivity index (χ0) is 15.0. The molecule has 0 unspecified atom stereocenters. The van der Waals surface area contributed by atoms with Crippen molar-refractivity contribution in [2.24, 2.45) is 5.73 Å². The Hall–Kier alpha value is -2.50. The molecule has 0 aliphatic carbocycles. The fourth-order valence-electron chi connectivity index (χ4n) is 2.52. The number of aromatic nitrogens is 1. The Balaban J connectivity index is 1.95. The van der Waals surface area contributed by atoms with Crippen molar-refractivity contribution in [1.82, 2.24) is 5.16 Å². The number of para-hydroxylation sites is 2. The van der Waals surface area contributed by atoms with Crippen LogP contribution in [0.3, 0.4) is 0 Å². The topological polar surface area (TPSA) is 81.6 Å². The van der Waals surface area contributed by atoms with E-state index >= 15 is 0 Å². The highest BCUT2D eigenvalue weighted by Gasteiger charge is 2.30. The molecule has 21 heavy (non-hydrogen) atoms. The van der Waals surface area contributed by atoms with Crippen LogP contribution in [-0.4, -0.2) is 23.7 Å². The lowest BCUT2D eigenvalue weighted by Gasteiger charge is -2.34. The number of rotatable bonds is 3. The monoisotopic (exact) mass is 287 g/mol. The number of nitrogens with two attached hydrogens (primary N) is 1. The highest BCUT2D eigenvalue weighted by atomic mass is 16.5. The van der Waals surface area contributed by atoms with Crippen LogP contribution in [-0.2, 0) is 11.3 Å². The van der Waals surface area contributed by atoms with E-state index in [2.05, 4.69) is 10.1 Å². The number of nitrogens with zero attached hydrogens (tertiary/aromatic N) is 2. The summed E-state index contributed by atoms with van der Waals surface area (Å²) in [6.07, 6.45) is -0.652. The minimum Gasteiger partial charge on any atom is -0.477 e. The molecule has 0 spiro atoms. The SMILES string of the molecule is Cc1noc(C)c1CN1C[C@@H](C(N)=O)Oc2ccccc21. The predicted octanol–water partition coefficient (Wildman–Crippen LogP) is 1.54. The summed E-state index contributed by atoms with van der Waals surface area (Å²) in [5.41, 5.74) is 8.21. The number of hydrogen-bond donors (Lipinski definition) is 1. The Bertz CT molecular complexity index is 661. The van der Waals surface area contributed by atoms with E-state index in [0.717, 1.165) is 22.7 Å². The van der Waals surface area contributed by atoms with Crippen LogP contribution >= 0.6 is 0 Å². The average molecular weight is 287 g/mol. The maximum atomic E-state index is 11.5. The van der Waals surface area contributed by atoms with E-state index < -0.39 is 12.0 Å². The lowest BCUT2D eigenvalue weighted by Crippen LogP contribution is -2.47. The van der Waals surface area contributed by atoms with Crippen molar-refractivity contribution in [2.45, 2.75) is 26.5 Å². The minimum absolute atomic E-state index is 0.413. The quantitative estimate of drug-likeness (QED) is 0.926. The third kappa shape index (κ3) is 2.44. The average Bonchev–Trinajstić information content (AvgIpc) is 2.79. The molecule has 110 valence electrons. The highest BCUT2D eigenvalue weighted by molar-refractivity contribution is 5.81. The van der Waals surface area contributed by atoms with Crippen LogP contribution in [0.1, 0.15) is 17.0 Å². The van der Waals surface area contributed by atoms with Gasteiger partial charge >= 0.3 is 0 Å². The van der Waals surface area contributed by atoms with Gasteiger partial charge in [0.1, 0.15) is 11.5 Å². The fourth-order valence-corrected chi connectivity index (χ4v) is 2.52. The molecule has 0 radical (unpaired) electrons. The number of anilines is 1. The first kappa shape index (κ1) is 13.5. The summed E-state index contributed by atoms with van der Waals surface area (Å²) < 4.78 is 10.8. The molecular weight excluding hydrogens is 270 g/mol. The molecule has 2 heterocycles. The van der Waals surface area contributed by atoms with Gasteiger partial charge in [-0.05, 0) is 26.0 Å². The second-order valence-electron chi connectivity index (χ2n) is 5.16. The summed E-state index contributed by atoms with van der Waals surface area (Å²) in [5.74, 6) is 0.986. The molecule has 3 rings (SSSR count). The number of primary amides is 1. The van der Waals surface area contributed by atoms with Gasteiger partial charge < -0.3 is 19.9 Å². The first-order valence-electron chi connectivity index (χ1n) is 6.78. The standard InChI is InChI=1S/C15H17N3O3/c1-9-11(10(2)21-17-9)7-18-8-14(15(16)19)20-13-6-4-3-5-12(13)18/h3-6,14H,7-8H2,1-2H3,(H2,16,19)/t14-/m0/s1. The normalized spacial score (nSPS) is 17.2. The number of aryl methyl sites for hydroxylation is 2. The summed E-state index contributed by atoms with van der Waals surface area (Å²) >= 11 is 0. The van der Waals surface area contributed by atoms with E-state index in [0.29, 0.717) is 18.8 Å². The summed E-state index contributed by atoms with van der Waals surface area (Å²) in [4.78, 5) is 13.6. The van der Waals surface area contributed by atoms with Gasteiger partial charge in [-0.3, -0.25) is 4.79 Å². The van der Waals surface area contributed by atoms with Crippen molar-refractivity contribution in [3.63, 3.8) is 0 Å². The van der Waals surface area contributed by atoms with Crippen LogP contribution in [0.25, 0.3) is 0 Å². The van der Waals surface area contributed by atoms with Crippen molar-refractivity contribution in [1.29, 1.82) is 0 Å². The van der Waals surface area contributed by atoms with Crippen LogP contribution in [0.4, 0.5) is 5.69 Å². The molecule has 1 amide bonds. The molecule has 0 saturated carbocycles. The fraction of sp³-hybridized carbons (Fsp3) is 0.333. The zero-order valence-electron chi connectivity index (χ0n) is 12.0. The number of amides is 1. The predicted molar refractivity (Wildman–Crippen MR) is 77.1 cm³/mol. The molecule has 1 aliphatic heterocycles. The second-order valence-corrected chi connectivity index (χ2v) is 5.16. The third-order valence-corrected chi connectivity index (χ3v) is 3.71. The Labute approximate surface area is 122 Å². The van der Waals surface area contributed by atoms with Gasteiger partial charge in [0.15, 0.2) is 6.10 Å². The summed E-state index contributed by atoms with van der Waals surface area (Å²) in [5, 5.41) is 3.97. The second kappa shape index (κ2) is 5.12. The third-order valence-electron chi connectivity index (χ3n) is 3.71. The lowest BCUT2D eigenvalue weighted by molar-refractivity contribution is -0.124. The van der Waals surface area contributed by atoms with Crippen molar-refractivity contribution < 1.29 is 14.1 Å². The largest absolute Gasteiger partial charge is 0.477 e. The van der Waals surface area contributed by atoms with Gasteiger partial charge in [-0.25, -0.2) is 0 Å². The minimum atomic E-state index is -0.652. The van der Waals surface area contributed by atoms with Crippen molar-refractivity contribution >= 4 is 11.6 Å². The van der Waals surface area contributed by atoms with E-state index in [-0.39, 0.29) is 0 Å². The molecule has 0 fully saturated rings. The molecule has 6 heteroatoms. The van der Waals surface area contributed by atoms with Crippen LogP contribution in [0.15, 0.2) is 28.8 Å². The maximum Gasteiger partial charge on any atom is 0.260 e. The maximum absolute atomic E-state index is 11.5. The van der Waals surface area contributed by atoms with Gasteiger partial charge in [0.2, 0.25) is 0 Å². The number of hydrogen-bond acceptors (Lipinski definition) is 5. The van der Waals surface area contributed by atoms with Crippen molar-refractivity contribution in [3.05, 3.63) is 41.3 Å². The molecule has 6 nitrogen and oxygen atoms in total. The highest BCUT2D eigenvalue weighted by Crippen LogP contribution is 2.34. The van der Waals surface area contributed by atoms with Gasteiger partial charge in [0.05, 0.1) is 17.9 Å². The van der Waals surface area contributed by atoms with Crippen LogP contribution in [0, 0.1) is 13.8 Å². The first-order chi connectivity index (χ1) is 10.1. The van der Waals surface area contributed by atoms with Crippen molar-refractivity contribution in [3.8, 4) is 5.75 Å². The lowest BCUT2D eigenvalue weighted by atomic mass is 10.1. The van der Waals surface area contributed by atoms with Crippen LogP contribution in [0.5, 0.6) is 5.75 Å². The van der Waals surface area contributed by atoms with E-state index in [1.54, 1.807) is 0 Å². The van der Waals surface area contributed by atoms with Gasteiger partial charge in [-0.15, -0.1) is 0 Å². The zero-order valence-corrected chi connectivity index (χ0v) is 12.0. The molecular formula is C15H17N3O3. The summed E-state index contributed by atoms with van der Waals surface area (Å²) in [6, 6.07) is 7.61. The van der Waals surface area contributed by atoms with Gasteiger partial charge in [-0.2, -0.15) is 0 Å². The molecule has 0 bridgehead atoms. The van der Waals surface area contributed by atoms with E-state index in [4.69, 9.17) is 15.0 Å². The van der Waals surface area contributed by atoms with E-state index in [1.807, 2.05) is 38.1 Å². The number of carbonyl (C=O) groups excluding carboxylic acids is 1. The number of carbonyl (C=O) groups is 1. The van der Waals surface area contributed by atoms with E-state index in [9.17, 15) is 4.79 Å². The number of benzene rings is 1. The summed E-state index contributed by atoms with van der Waals surface area (Å²) in [7, 11) is 0. The Kier molecular flexibility index (Phi) is 3.29. The smallest absolute Gasteiger partial charge is 0.260 e. The molecule has 1 aromatic heterocycles. The molecule has 2 N–H and O–H groups in total. The number of ether oxygens (including phenoxy) is 1.